The molecule has 1 heterocycles. The molecule has 0 aliphatic rings. The van der Waals surface area contributed by atoms with E-state index in [-0.39, 0.29) is 11.7 Å². The number of rotatable bonds is 3. The van der Waals surface area contributed by atoms with Gasteiger partial charge >= 0.3 is 0 Å². The van der Waals surface area contributed by atoms with Crippen molar-refractivity contribution < 1.29 is 9.90 Å². The highest BCUT2D eigenvalue weighted by molar-refractivity contribution is 14.1. The summed E-state index contributed by atoms with van der Waals surface area (Å²) in [6.07, 6.45) is 0. The smallest absolute Gasteiger partial charge is 0.254 e. The Labute approximate surface area is 129 Å². The first-order valence-electron chi connectivity index (χ1n) is 5.62. The van der Waals surface area contributed by atoms with Crippen LogP contribution in [0.4, 0.5) is 0 Å². The number of nitrogens with zero attached hydrogens (tertiary/aromatic N) is 2. The molecule has 0 saturated heterocycles. The molecule has 1 aromatic heterocycles. The third-order valence-corrected chi connectivity index (χ3v) is 4.34. The van der Waals surface area contributed by atoms with Crippen molar-refractivity contribution in [2.75, 3.05) is 7.05 Å². The van der Waals surface area contributed by atoms with E-state index in [4.69, 9.17) is 0 Å². The van der Waals surface area contributed by atoms with Gasteiger partial charge in [-0.25, -0.2) is 4.98 Å². The molecule has 0 spiro atoms. The molecule has 0 fully saturated rings. The van der Waals surface area contributed by atoms with Crippen LogP contribution in [0.25, 0.3) is 0 Å². The molecule has 0 atom stereocenters. The Bertz CT molecular complexity index is 612. The first kappa shape index (κ1) is 14.3. The normalized spacial score (nSPS) is 10.5. The second-order valence-corrected chi connectivity index (χ2v) is 6.41. The van der Waals surface area contributed by atoms with E-state index in [1.54, 1.807) is 35.4 Å². The van der Waals surface area contributed by atoms with Crippen LogP contribution < -0.4 is 0 Å². The van der Waals surface area contributed by atoms with Gasteiger partial charge in [0, 0.05) is 18.0 Å². The molecule has 0 saturated carbocycles. The van der Waals surface area contributed by atoms with Crippen LogP contribution in [0.2, 0.25) is 0 Å². The fraction of sp³-hybridized carbons (Fsp3) is 0.231. The molecule has 1 aromatic carbocycles. The van der Waals surface area contributed by atoms with E-state index in [0.29, 0.717) is 12.1 Å². The predicted octanol–water partition coefficient (Wildman–Crippen LogP) is 3.03. The Morgan fingerprint density at radius 1 is 1.53 bits per heavy atom. The van der Waals surface area contributed by atoms with Crippen LogP contribution in [0.1, 0.15) is 21.1 Å². The quantitative estimate of drug-likeness (QED) is 0.823. The molecule has 1 amide bonds. The summed E-state index contributed by atoms with van der Waals surface area (Å²) in [7, 11) is 1.73. The Morgan fingerprint density at radius 2 is 2.26 bits per heavy atom. The molecule has 0 aliphatic carbocycles. The molecule has 0 unspecified atom stereocenters. The number of hydrogen-bond donors (Lipinski definition) is 1. The number of halogens is 1. The summed E-state index contributed by atoms with van der Waals surface area (Å²) in [5.74, 6) is 0.00158. The molecular formula is C13H13IN2O2S. The van der Waals surface area contributed by atoms with Gasteiger partial charge < -0.3 is 10.0 Å². The summed E-state index contributed by atoms with van der Waals surface area (Å²) < 4.78 is 0.729. The van der Waals surface area contributed by atoms with E-state index >= 15 is 0 Å². The maximum atomic E-state index is 12.2. The molecule has 6 heteroatoms. The number of benzene rings is 1. The van der Waals surface area contributed by atoms with Crippen molar-refractivity contribution in [2.45, 2.75) is 13.5 Å². The Kier molecular flexibility index (Phi) is 4.41. The van der Waals surface area contributed by atoms with Gasteiger partial charge in [-0.3, -0.25) is 4.79 Å². The van der Waals surface area contributed by atoms with Crippen LogP contribution in [-0.4, -0.2) is 27.9 Å². The first-order chi connectivity index (χ1) is 8.97. The summed E-state index contributed by atoms with van der Waals surface area (Å²) in [6, 6.07) is 4.93. The Balaban J connectivity index is 2.12. The maximum Gasteiger partial charge on any atom is 0.254 e. The molecule has 0 aliphatic heterocycles. The predicted molar refractivity (Wildman–Crippen MR) is 83.5 cm³/mol. The number of aryl methyl sites for hydroxylation is 1. The van der Waals surface area contributed by atoms with Gasteiger partial charge in [0.05, 0.1) is 20.8 Å². The average Bonchev–Trinajstić information content (AvgIpc) is 2.77. The molecule has 2 rings (SSSR count). The Hall–Kier alpha value is -1.15. The van der Waals surface area contributed by atoms with Crippen molar-refractivity contribution in [3.63, 3.8) is 0 Å². The highest BCUT2D eigenvalue weighted by Gasteiger charge is 2.14. The summed E-state index contributed by atoms with van der Waals surface area (Å²) in [6.45, 7) is 2.41. The minimum atomic E-state index is -0.127. The lowest BCUT2D eigenvalue weighted by atomic mass is 10.2. The zero-order valence-electron chi connectivity index (χ0n) is 10.6. The number of carbonyl (C=O) groups is 1. The van der Waals surface area contributed by atoms with Gasteiger partial charge in [0.15, 0.2) is 0 Å². The number of amides is 1. The van der Waals surface area contributed by atoms with E-state index in [1.807, 2.05) is 34.9 Å². The minimum Gasteiger partial charge on any atom is -0.507 e. The molecule has 100 valence electrons. The first-order valence-corrected chi connectivity index (χ1v) is 7.58. The summed E-state index contributed by atoms with van der Waals surface area (Å²) in [5.41, 5.74) is 1.36. The van der Waals surface area contributed by atoms with Crippen LogP contribution >= 0.6 is 33.9 Å². The highest BCUT2D eigenvalue weighted by Crippen LogP contribution is 2.21. The average molecular weight is 388 g/mol. The number of phenols is 1. The second-order valence-electron chi connectivity index (χ2n) is 4.19. The molecular weight excluding hydrogens is 375 g/mol. The second kappa shape index (κ2) is 5.87. The van der Waals surface area contributed by atoms with Crippen LogP contribution in [0.15, 0.2) is 23.6 Å². The molecule has 19 heavy (non-hydrogen) atoms. The zero-order valence-corrected chi connectivity index (χ0v) is 13.5. The van der Waals surface area contributed by atoms with Crippen LogP contribution in [0.3, 0.4) is 0 Å². The van der Waals surface area contributed by atoms with Crippen molar-refractivity contribution in [1.82, 2.24) is 9.88 Å². The fourth-order valence-corrected chi connectivity index (χ4v) is 2.60. The standard InChI is InChI=1S/C13H13IN2O2S/c1-8-15-10(7-19-8)6-16(2)13(18)9-3-4-11(14)12(17)5-9/h3-5,7,17H,6H2,1-2H3. The monoisotopic (exact) mass is 388 g/mol. The van der Waals surface area contributed by atoms with Gasteiger partial charge in [-0.05, 0) is 47.7 Å². The molecule has 1 N–H and O–H groups in total. The number of thiazole rings is 1. The number of aromatic hydroxyl groups is 1. The lowest BCUT2D eigenvalue weighted by Crippen LogP contribution is -2.26. The summed E-state index contributed by atoms with van der Waals surface area (Å²) in [5, 5.41) is 12.6. The molecule has 0 radical (unpaired) electrons. The van der Waals surface area contributed by atoms with Gasteiger partial charge in [0.25, 0.3) is 5.91 Å². The van der Waals surface area contributed by atoms with Gasteiger partial charge in [-0.2, -0.15) is 0 Å². The summed E-state index contributed by atoms with van der Waals surface area (Å²) >= 11 is 3.59. The van der Waals surface area contributed by atoms with E-state index < -0.39 is 0 Å². The molecule has 0 bridgehead atoms. The van der Waals surface area contributed by atoms with Crippen LogP contribution in [0, 0.1) is 10.5 Å². The van der Waals surface area contributed by atoms with E-state index in [0.717, 1.165) is 14.3 Å². The minimum absolute atomic E-state index is 0.127. The number of aromatic nitrogens is 1. The van der Waals surface area contributed by atoms with Crippen LogP contribution in [0.5, 0.6) is 5.75 Å². The third kappa shape index (κ3) is 3.44. The largest absolute Gasteiger partial charge is 0.507 e. The van der Waals surface area contributed by atoms with Gasteiger partial charge in [-0.15, -0.1) is 11.3 Å². The van der Waals surface area contributed by atoms with E-state index in [1.165, 1.54) is 6.07 Å². The van der Waals surface area contributed by atoms with Gasteiger partial charge in [0.1, 0.15) is 5.75 Å². The number of phenolic OH excluding ortho intramolecular Hbond substituents is 1. The topological polar surface area (TPSA) is 53.4 Å². The third-order valence-electron chi connectivity index (χ3n) is 2.61. The SMILES string of the molecule is Cc1nc(CN(C)C(=O)c2ccc(I)c(O)c2)cs1. The highest BCUT2D eigenvalue weighted by atomic mass is 127. The molecule has 2 aromatic rings. The number of carbonyl (C=O) groups excluding carboxylic acids is 1. The van der Waals surface area contributed by atoms with Crippen molar-refractivity contribution in [2.24, 2.45) is 0 Å². The van der Waals surface area contributed by atoms with Crippen LogP contribution in [-0.2, 0) is 6.54 Å². The van der Waals surface area contributed by atoms with Crippen molar-refractivity contribution in [3.05, 3.63) is 43.4 Å². The zero-order chi connectivity index (χ0) is 14.0. The van der Waals surface area contributed by atoms with Crippen molar-refractivity contribution in [3.8, 4) is 5.75 Å². The van der Waals surface area contributed by atoms with Gasteiger partial charge in [0.2, 0.25) is 0 Å². The van der Waals surface area contributed by atoms with Crippen molar-refractivity contribution >= 4 is 39.8 Å². The maximum absolute atomic E-state index is 12.2. The van der Waals surface area contributed by atoms with E-state index in [9.17, 15) is 9.90 Å². The fourth-order valence-electron chi connectivity index (χ4n) is 1.66. The van der Waals surface area contributed by atoms with E-state index in [2.05, 4.69) is 4.98 Å². The lowest BCUT2D eigenvalue weighted by molar-refractivity contribution is 0.0783. The van der Waals surface area contributed by atoms with Crippen molar-refractivity contribution in [1.29, 1.82) is 0 Å². The molecule has 4 nitrogen and oxygen atoms in total. The lowest BCUT2D eigenvalue weighted by Gasteiger charge is -2.16. The number of hydrogen-bond acceptors (Lipinski definition) is 4. The van der Waals surface area contributed by atoms with Gasteiger partial charge in [-0.1, -0.05) is 0 Å². The Morgan fingerprint density at radius 3 is 2.84 bits per heavy atom. The summed E-state index contributed by atoms with van der Waals surface area (Å²) in [4.78, 5) is 18.1.